The Morgan fingerprint density at radius 1 is 1.15 bits per heavy atom. The SMILES string of the molecule is CCc1cc(CC(O)Cc2ccc(C)cc2)n(CC)n1. The average Bonchev–Trinajstić information content (AvgIpc) is 2.83. The Morgan fingerprint density at radius 3 is 2.45 bits per heavy atom. The van der Waals surface area contributed by atoms with Gasteiger partial charge in [0.05, 0.1) is 11.8 Å². The molecular formula is C17H24N2O. The highest BCUT2D eigenvalue weighted by atomic mass is 16.3. The molecule has 0 aliphatic heterocycles. The number of aliphatic hydroxyl groups is 1. The minimum Gasteiger partial charge on any atom is -0.392 e. The van der Waals surface area contributed by atoms with E-state index in [4.69, 9.17) is 0 Å². The lowest BCUT2D eigenvalue weighted by Crippen LogP contribution is -2.16. The minimum absolute atomic E-state index is 0.357. The van der Waals surface area contributed by atoms with E-state index in [1.54, 1.807) is 0 Å². The van der Waals surface area contributed by atoms with Gasteiger partial charge in [0.25, 0.3) is 0 Å². The van der Waals surface area contributed by atoms with Crippen molar-refractivity contribution in [2.24, 2.45) is 0 Å². The summed E-state index contributed by atoms with van der Waals surface area (Å²) < 4.78 is 2.00. The molecule has 0 amide bonds. The normalized spacial score (nSPS) is 12.6. The number of aliphatic hydroxyl groups excluding tert-OH is 1. The van der Waals surface area contributed by atoms with E-state index in [9.17, 15) is 5.11 Å². The molecular weight excluding hydrogens is 248 g/mol. The van der Waals surface area contributed by atoms with Crippen molar-refractivity contribution >= 4 is 0 Å². The molecule has 1 aromatic heterocycles. The molecule has 1 N–H and O–H groups in total. The number of aryl methyl sites for hydroxylation is 3. The summed E-state index contributed by atoms with van der Waals surface area (Å²) in [6, 6.07) is 10.5. The number of rotatable bonds is 6. The van der Waals surface area contributed by atoms with Gasteiger partial charge < -0.3 is 5.11 Å². The van der Waals surface area contributed by atoms with Gasteiger partial charge in [-0.3, -0.25) is 4.68 Å². The van der Waals surface area contributed by atoms with Gasteiger partial charge in [-0.1, -0.05) is 36.8 Å². The summed E-state index contributed by atoms with van der Waals surface area (Å²) in [6.45, 7) is 7.12. The van der Waals surface area contributed by atoms with E-state index in [2.05, 4.69) is 56.2 Å². The van der Waals surface area contributed by atoms with E-state index in [0.29, 0.717) is 12.8 Å². The monoisotopic (exact) mass is 272 g/mol. The summed E-state index contributed by atoms with van der Waals surface area (Å²) >= 11 is 0. The molecule has 1 heterocycles. The van der Waals surface area contributed by atoms with Crippen LogP contribution in [0.2, 0.25) is 0 Å². The van der Waals surface area contributed by atoms with Crippen molar-refractivity contribution < 1.29 is 5.11 Å². The molecule has 0 fully saturated rings. The van der Waals surface area contributed by atoms with Crippen LogP contribution >= 0.6 is 0 Å². The quantitative estimate of drug-likeness (QED) is 0.878. The minimum atomic E-state index is -0.357. The maximum absolute atomic E-state index is 10.3. The predicted molar refractivity (Wildman–Crippen MR) is 81.9 cm³/mol. The van der Waals surface area contributed by atoms with Gasteiger partial charge in [-0.25, -0.2) is 0 Å². The molecule has 0 radical (unpaired) electrons. The lowest BCUT2D eigenvalue weighted by molar-refractivity contribution is 0.172. The van der Waals surface area contributed by atoms with Gasteiger partial charge in [-0.2, -0.15) is 5.10 Å². The van der Waals surface area contributed by atoms with Gasteiger partial charge in [0.1, 0.15) is 0 Å². The molecule has 1 atom stereocenters. The third kappa shape index (κ3) is 3.70. The summed E-state index contributed by atoms with van der Waals surface area (Å²) in [5, 5.41) is 14.8. The fourth-order valence-corrected chi connectivity index (χ4v) is 2.44. The Morgan fingerprint density at radius 2 is 1.85 bits per heavy atom. The van der Waals surface area contributed by atoms with Crippen LogP contribution in [0, 0.1) is 6.92 Å². The molecule has 108 valence electrons. The Hall–Kier alpha value is -1.61. The van der Waals surface area contributed by atoms with Crippen LogP contribution in [0.3, 0.4) is 0 Å². The Kier molecular flexibility index (Phi) is 4.96. The molecule has 0 saturated carbocycles. The van der Waals surface area contributed by atoms with Crippen LogP contribution in [0.15, 0.2) is 30.3 Å². The highest BCUT2D eigenvalue weighted by Gasteiger charge is 2.12. The van der Waals surface area contributed by atoms with Crippen molar-refractivity contribution in [3.05, 3.63) is 52.8 Å². The predicted octanol–water partition coefficient (Wildman–Crippen LogP) is 2.92. The van der Waals surface area contributed by atoms with Gasteiger partial charge in [0, 0.05) is 18.7 Å². The van der Waals surface area contributed by atoms with Crippen molar-refractivity contribution in [1.29, 1.82) is 0 Å². The van der Waals surface area contributed by atoms with E-state index < -0.39 is 0 Å². The Balaban J connectivity index is 2.02. The average molecular weight is 272 g/mol. The largest absolute Gasteiger partial charge is 0.392 e. The van der Waals surface area contributed by atoms with E-state index in [1.165, 1.54) is 11.1 Å². The maximum Gasteiger partial charge on any atom is 0.0635 e. The first kappa shape index (κ1) is 14.8. The van der Waals surface area contributed by atoms with Crippen molar-refractivity contribution in [3.63, 3.8) is 0 Å². The molecule has 2 rings (SSSR count). The first-order valence-electron chi connectivity index (χ1n) is 7.41. The van der Waals surface area contributed by atoms with Crippen LogP contribution in [0.4, 0.5) is 0 Å². The number of nitrogens with zero attached hydrogens (tertiary/aromatic N) is 2. The number of benzene rings is 1. The molecule has 20 heavy (non-hydrogen) atoms. The van der Waals surface area contributed by atoms with Crippen molar-refractivity contribution in [1.82, 2.24) is 9.78 Å². The van der Waals surface area contributed by atoms with Gasteiger partial charge in [0.2, 0.25) is 0 Å². The lowest BCUT2D eigenvalue weighted by Gasteiger charge is -2.12. The van der Waals surface area contributed by atoms with Crippen molar-refractivity contribution in [3.8, 4) is 0 Å². The molecule has 0 aliphatic rings. The van der Waals surface area contributed by atoms with E-state index in [0.717, 1.165) is 24.4 Å². The van der Waals surface area contributed by atoms with Crippen LogP contribution in [0.5, 0.6) is 0 Å². The first-order valence-corrected chi connectivity index (χ1v) is 7.41. The fraction of sp³-hybridized carbons (Fsp3) is 0.471. The zero-order valence-electron chi connectivity index (χ0n) is 12.6. The van der Waals surface area contributed by atoms with Gasteiger partial charge >= 0.3 is 0 Å². The summed E-state index contributed by atoms with van der Waals surface area (Å²) in [4.78, 5) is 0. The molecule has 0 spiro atoms. The zero-order chi connectivity index (χ0) is 14.5. The van der Waals surface area contributed by atoms with Gasteiger partial charge in [-0.15, -0.1) is 0 Å². The van der Waals surface area contributed by atoms with E-state index in [1.807, 2.05) is 4.68 Å². The standard InChI is InChI=1S/C17H24N2O/c1-4-15-11-16(19(5-2)18-15)12-17(20)10-14-8-6-13(3)7-9-14/h6-9,11,17,20H,4-5,10,12H2,1-3H3. The van der Waals surface area contributed by atoms with Crippen LogP contribution in [-0.2, 0) is 25.8 Å². The highest BCUT2D eigenvalue weighted by Crippen LogP contribution is 2.12. The third-order valence-corrected chi connectivity index (χ3v) is 3.61. The topological polar surface area (TPSA) is 38.0 Å². The second-order valence-corrected chi connectivity index (χ2v) is 5.34. The third-order valence-electron chi connectivity index (χ3n) is 3.61. The Labute approximate surface area is 121 Å². The van der Waals surface area contributed by atoms with Crippen LogP contribution in [-0.4, -0.2) is 21.0 Å². The molecule has 3 nitrogen and oxygen atoms in total. The molecule has 3 heteroatoms. The highest BCUT2D eigenvalue weighted by molar-refractivity contribution is 5.22. The maximum atomic E-state index is 10.3. The fourth-order valence-electron chi connectivity index (χ4n) is 2.44. The van der Waals surface area contributed by atoms with Gasteiger partial charge in [-0.05, 0) is 38.3 Å². The summed E-state index contributed by atoms with van der Waals surface area (Å²) in [6.07, 6.45) is 1.93. The summed E-state index contributed by atoms with van der Waals surface area (Å²) in [5.74, 6) is 0. The molecule has 1 aromatic carbocycles. The molecule has 0 saturated heterocycles. The number of hydrogen-bond acceptors (Lipinski definition) is 2. The van der Waals surface area contributed by atoms with E-state index in [-0.39, 0.29) is 6.10 Å². The molecule has 2 aromatic rings. The molecule has 1 unspecified atom stereocenters. The molecule has 0 bridgehead atoms. The second-order valence-electron chi connectivity index (χ2n) is 5.34. The number of hydrogen-bond donors (Lipinski definition) is 1. The second kappa shape index (κ2) is 6.71. The molecule has 0 aliphatic carbocycles. The van der Waals surface area contributed by atoms with E-state index >= 15 is 0 Å². The Bertz CT molecular complexity index is 543. The summed E-state index contributed by atoms with van der Waals surface area (Å²) in [5.41, 5.74) is 4.66. The van der Waals surface area contributed by atoms with Crippen molar-refractivity contribution in [2.75, 3.05) is 0 Å². The van der Waals surface area contributed by atoms with Crippen molar-refractivity contribution in [2.45, 2.75) is 52.7 Å². The van der Waals surface area contributed by atoms with Crippen LogP contribution in [0.1, 0.15) is 36.4 Å². The van der Waals surface area contributed by atoms with Crippen LogP contribution < -0.4 is 0 Å². The first-order chi connectivity index (χ1) is 9.62. The lowest BCUT2D eigenvalue weighted by atomic mass is 10.0. The smallest absolute Gasteiger partial charge is 0.0635 e. The zero-order valence-corrected chi connectivity index (χ0v) is 12.6. The number of aromatic nitrogens is 2. The van der Waals surface area contributed by atoms with Gasteiger partial charge in [0.15, 0.2) is 0 Å². The van der Waals surface area contributed by atoms with Crippen LogP contribution in [0.25, 0.3) is 0 Å². The summed E-state index contributed by atoms with van der Waals surface area (Å²) in [7, 11) is 0.